The van der Waals surface area contributed by atoms with Crippen molar-refractivity contribution < 1.29 is 8.42 Å². The summed E-state index contributed by atoms with van der Waals surface area (Å²) in [6.07, 6.45) is 2.83. The highest BCUT2D eigenvalue weighted by Crippen LogP contribution is 2.20. The lowest BCUT2D eigenvalue weighted by Crippen LogP contribution is -2.09. The summed E-state index contributed by atoms with van der Waals surface area (Å²) in [5.74, 6) is 0. The molecule has 4 nitrogen and oxygen atoms in total. The highest BCUT2D eigenvalue weighted by atomic mass is 32.2. The molecule has 0 saturated carbocycles. The fourth-order valence-electron chi connectivity index (χ4n) is 1.49. The highest BCUT2D eigenvalue weighted by Gasteiger charge is 2.03. The number of nitrogens with zero attached hydrogens (tertiary/aromatic N) is 1. The van der Waals surface area contributed by atoms with Gasteiger partial charge in [0.25, 0.3) is 0 Å². The van der Waals surface area contributed by atoms with Crippen LogP contribution >= 0.6 is 0 Å². The van der Waals surface area contributed by atoms with Crippen LogP contribution in [0.2, 0.25) is 0 Å². The Balaban J connectivity index is 2.36. The van der Waals surface area contributed by atoms with Crippen molar-refractivity contribution in [3.05, 3.63) is 48.7 Å². The quantitative estimate of drug-likeness (QED) is 0.905. The Kier molecular flexibility index (Phi) is 3.10. The maximum absolute atomic E-state index is 11.1. The van der Waals surface area contributed by atoms with Crippen LogP contribution in [0.15, 0.2) is 48.7 Å². The zero-order valence-electron chi connectivity index (χ0n) is 9.29. The van der Waals surface area contributed by atoms with E-state index in [1.165, 1.54) is 0 Å². The Bertz CT molecular complexity index is 609. The van der Waals surface area contributed by atoms with Crippen LogP contribution in [0.1, 0.15) is 0 Å². The van der Waals surface area contributed by atoms with Gasteiger partial charge in [-0.05, 0) is 24.3 Å². The first-order chi connectivity index (χ1) is 8.04. The van der Waals surface area contributed by atoms with E-state index in [-0.39, 0.29) is 0 Å². The van der Waals surface area contributed by atoms with E-state index in [1.54, 1.807) is 24.4 Å². The molecule has 0 amide bonds. The number of nitrogens with one attached hydrogen (secondary N) is 1. The zero-order valence-corrected chi connectivity index (χ0v) is 10.1. The molecular formula is C12H12N2O2S. The van der Waals surface area contributed by atoms with Crippen molar-refractivity contribution in [2.75, 3.05) is 11.0 Å². The van der Waals surface area contributed by atoms with Crippen LogP contribution in [0.4, 0.5) is 5.69 Å². The van der Waals surface area contributed by atoms with E-state index in [1.807, 2.05) is 24.3 Å². The van der Waals surface area contributed by atoms with Gasteiger partial charge in [0, 0.05) is 17.4 Å². The average molecular weight is 248 g/mol. The molecule has 0 aliphatic heterocycles. The van der Waals surface area contributed by atoms with Gasteiger partial charge in [-0.2, -0.15) is 0 Å². The van der Waals surface area contributed by atoms with Gasteiger partial charge in [0.1, 0.15) is 0 Å². The van der Waals surface area contributed by atoms with Crippen molar-refractivity contribution in [2.45, 2.75) is 0 Å². The fraction of sp³-hybridized carbons (Fsp3) is 0.0833. The van der Waals surface area contributed by atoms with Crippen molar-refractivity contribution >= 4 is 15.7 Å². The van der Waals surface area contributed by atoms with Crippen LogP contribution in [0.3, 0.4) is 0 Å². The van der Waals surface area contributed by atoms with Gasteiger partial charge in [-0.15, -0.1) is 0 Å². The molecule has 1 N–H and O–H groups in total. The summed E-state index contributed by atoms with van der Waals surface area (Å²) >= 11 is 0. The Morgan fingerprint density at radius 3 is 2.59 bits per heavy atom. The largest absolute Gasteiger partial charge is 0.284 e. The molecule has 0 atom stereocenters. The first-order valence-electron chi connectivity index (χ1n) is 5.04. The molecule has 0 unspecified atom stereocenters. The molecule has 0 aliphatic carbocycles. The summed E-state index contributed by atoms with van der Waals surface area (Å²) in [7, 11) is -3.25. The third-order valence-electron chi connectivity index (χ3n) is 2.13. The van der Waals surface area contributed by atoms with Crippen LogP contribution in [-0.2, 0) is 10.0 Å². The maximum Gasteiger partial charge on any atom is 0.229 e. The molecule has 1 heterocycles. The van der Waals surface area contributed by atoms with Gasteiger partial charge in [0.15, 0.2) is 0 Å². The molecular weight excluding hydrogens is 236 g/mol. The summed E-state index contributed by atoms with van der Waals surface area (Å²) in [6.45, 7) is 0. The zero-order chi connectivity index (χ0) is 12.3. The van der Waals surface area contributed by atoms with Crippen LogP contribution in [0.25, 0.3) is 11.3 Å². The third kappa shape index (κ3) is 3.29. The fourth-order valence-corrected chi connectivity index (χ4v) is 2.04. The Hall–Kier alpha value is -1.88. The Morgan fingerprint density at radius 1 is 1.12 bits per heavy atom. The van der Waals surface area contributed by atoms with Crippen LogP contribution in [-0.4, -0.2) is 19.7 Å². The second-order valence-corrected chi connectivity index (χ2v) is 5.42. The normalized spacial score (nSPS) is 11.1. The number of aromatic nitrogens is 1. The summed E-state index contributed by atoms with van der Waals surface area (Å²) in [4.78, 5) is 4.21. The van der Waals surface area contributed by atoms with E-state index in [0.29, 0.717) is 5.69 Å². The molecule has 1 aromatic heterocycles. The van der Waals surface area contributed by atoms with E-state index in [2.05, 4.69) is 9.71 Å². The van der Waals surface area contributed by atoms with Gasteiger partial charge in [-0.3, -0.25) is 9.71 Å². The minimum Gasteiger partial charge on any atom is -0.284 e. The predicted octanol–water partition coefficient (Wildman–Crippen LogP) is 2.12. The highest BCUT2D eigenvalue weighted by molar-refractivity contribution is 7.92. The molecule has 0 saturated heterocycles. The van der Waals surface area contributed by atoms with Gasteiger partial charge in [0.2, 0.25) is 10.0 Å². The van der Waals surface area contributed by atoms with Gasteiger partial charge in [-0.25, -0.2) is 8.42 Å². The lowest BCUT2D eigenvalue weighted by molar-refractivity contribution is 0.607. The van der Waals surface area contributed by atoms with Gasteiger partial charge in [-0.1, -0.05) is 18.2 Å². The molecule has 88 valence electrons. The molecule has 0 fully saturated rings. The molecule has 17 heavy (non-hydrogen) atoms. The van der Waals surface area contributed by atoms with E-state index in [9.17, 15) is 8.42 Å². The van der Waals surface area contributed by atoms with Crippen molar-refractivity contribution in [1.82, 2.24) is 4.98 Å². The Labute approximate surface area is 100 Å². The van der Waals surface area contributed by atoms with Crippen LogP contribution in [0.5, 0.6) is 0 Å². The number of rotatable bonds is 3. The summed E-state index contributed by atoms with van der Waals surface area (Å²) < 4.78 is 24.7. The van der Waals surface area contributed by atoms with E-state index >= 15 is 0 Å². The molecule has 0 spiro atoms. The standard InChI is InChI=1S/C12H12N2O2S/c1-17(15,16)14-11-6-4-5-10(9-11)12-7-2-3-8-13-12/h2-9,14H,1H3. The summed E-state index contributed by atoms with van der Waals surface area (Å²) in [5.41, 5.74) is 2.22. The number of hydrogen-bond acceptors (Lipinski definition) is 3. The number of benzene rings is 1. The van der Waals surface area contributed by atoms with E-state index in [0.717, 1.165) is 17.5 Å². The smallest absolute Gasteiger partial charge is 0.229 e. The molecule has 0 bridgehead atoms. The Morgan fingerprint density at radius 2 is 1.94 bits per heavy atom. The second-order valence-electron chi connectivity index (χ2n) is 3.67. The van der Waals surface area contributed by atoms with Crippen molar-refractivity contribution in [3.63, 3.8) is 0 Å². The maximum atomic E-state index is 11.1. The summed E-state index contributed by atoms with van der Waals surface area (Å²) in [6, 6.07) is 12.7. The lowest BCUT2D eigenvalue weighted by atomic mass is 10.1. The predicted molar refractivity (Wildman–Crippen MR) is 68.1 cm³/mol. The van der Waals surface area contributed by atoms with E-state index < -0.39 is 10.0 Å². The topological polar surface area (TPSA) is 59.1 Å². The molecule has 0 radical (unpaired) electrons. The molecule has 1 aromatic carbocycles. The SMILES string of the molecule is CS(=O)(=O)Nc1cccc(-c2ccccn2)c1. The van der Waals surface area contributed by atoms with Crippen LogP contribution in [0, 0.1) is 0 Å². The van der Waals surface area contributed by atoms with E-state index in [4.69, 9.17) is 0 Å². The number of anilines is 1. The minimum absolute atomic E-state index is 0.538. The van der Waals surface area contributed by atoms with Gasteiger partial charge < -0.3 is 0 Å². The molecule has 2 aromatic rings. The molecule has 5 heteroatoms. The van der Waals surface area contributed by atoms with Crippen molar-refractivity contribution in [3.8, 4) is 11.3 Å². The monoisotopic (exact) mass is 248 g/mol. The minimum atomic E-state index is -3.25. The first-order valence-corrected chi connectivity index (χ1v) is 6.93. The summed E-state index contributed by atoms with van der Waals surface area (Å²) in [5, 5.41) is 0. The molecule has 2 rings (SSSR count). The molecule has 0 aliphatic rings. The number of hydrogen-bond donors (Lipinski definition) is 1. The van der Waals surface area contributed by atoms with Crippen molar-refractivity contribution in [2.24, 2.45) is 0 Å². The number of sulfonamides is 1. The lowest BCUT2D eigenvalue weighted by Gasteiger charge is -2.06. The second kappa shape index (κ2) is 4.55. The van der Waals surface area contributed by atoms with Crippen molar-refractivity contribution in [1.29, 1.82) is 0 Å². The number of pyridine rings is 1. The van der Waals surface area contributed by atoms with Gasteiger partial charge >= 0.3 is 0 Å². The third-order valence-corrected chi connectivity index (χ3v) is 2.73. The average Bonchev–Trinajstić information content (AvgIpc) is 2.28. The van der Waals surface area contributed by atoms with Gasteiger partial charge in [0.05, 0.1) is 11.9 Å². The van der Waals surface area contributed by atoms with Crippen LogP contribution < -0.4 is 4.72 Å². The first kappa shape index (κ1) is 11.6.